The number of aromatic nitrogens is 1. The molecule has 1 aromatic carbocycles. The highest BCUT2D eigenvalue weighted by atomic mass is 35.5. The summed E-state index contributed by atoms with van der Waals surface area (Å²) >= 11 is 6.09. The maximum atomic E-state index is 12.5. The number of amides is 1. The lowest BCUT2D eigenvalue weighted by Gasteiger charge is -2.19. The largest absolute Gasteiger partial charge is 0.456 e. The molecule has 1 aromatic heterocycles. The molecule has 30 heavy (non-hydrogen) atoms. The smallest absolute Gasteiger partial charge is 0.306 e. The molecule has 1 heterocycles. The molecule has 1 aliphatic carbocycles. The normalized spacial score (nSPS) is 13.8. The van der Waals surface area contributed by atoms with E-state index in [2.05, 4.69) is 16.0 Å². The Hall–Kier alpha value is -2.78. The lowest BCUT2D eigenvalue weighted by Crippen LogP contribution is -2.24. The molecule has 3 rings (SSSR count). The van der Waals surface area contributed by atoms with E-state index in [1.54, 1.807) is 6.07 Å². The fourth-order valence-electron chi connectivity index (χ4n) is 4.03. The third kappa shape index (κ3) is 4.85. The number of hydrogen-bond donors (Lipinski definition) is 1. The molecule has 6 nitrogen and oxygen atoms in total. The number of ether oxygens (including phenoxy) is 1. The minimum absolute atomic E-state index is 0.136. The summed E-state index contributed by atoms with van der Waals surface area (Å²) in [7, 11) is 0. The van der Waals surface area contributed by atoms with Crippen LogP contribution in [-0.4, -0.2) is 23.1 Å². The average Bonchev–Trinajstić information content (AvgIpc) is 3.33. The van der Waals surface area contributed by atoms with E-state index < -0.39 is 11.9 Å². The van der Waals surface area contributed by atoms with Crippen LogP contribution in [0.1, 0.15) is 60.5 Å². The van der Waals surface area contributed by atoms with Gasteiger partial charge in [-0.05, 0) is 50.3 Å². The Bertz CT molecular complexity index is 984. The number of anilines is 1. The number of carbonyl (C=O) groups is 2. The van der Waals surface area contributed by atoms with Crippen LogP contribution in [0, 0.1) is 25.2 Å². The Balaban J connectivity index is 1.61. The first-order valence-corrected chi connectivity index (χ1v) is 10.6. The molecule has 0 atom stereocenters. The van der Waals surface area contributed by atoms with Crippen molar-refractivity contribution in [2.24, 2.45) is 0 Å². The molecule has 1 N–H and O–H groups in total. The van der Waals surface area contributed by atoms with Gasteiger partial charge in [-0.1, -0.05) is 42.6 Å². The molecule has 1 fully saturated rings. The van der Waals surface area contributed by atoms with Gasteiger partial charge >= 0.3 is 5.97 Å². The number of aryl methyl sites for hydroxylation is 1. The van der Waals surface area contributed by atoms with Gasteiger partial charge < -0.3 is 14.6 Å². The fraction of sp³-hybridized carbons (Fsp3) is 0.435. The van der Waals surface area contributed by atoms with E-state index in [0.29, 0.717) is 22.8 Å². The van der Waals surface area contributed by atoms with Gasteiger partial charge in [-0.2, -0.15) is 5.26 Å². The van der Waals surface area contributed by atoms with E-state index in [9.17, 15) is 14.9 Å². The first-order chi connectivity index (χ1) is 14.4. The summed E-state index contributed by atoms with van der Waals surface area (Å²) < 4.78 is 7.19. The van der Waals surface area contributed by atoms with Crippen LogP contribution in [0.25, 0.3) is 0 Å². The molecule has 1 saturated carbocycles. The van der Waals surface area contributed by atoms with Gasteiger partial charge in [0.2, 0.25) is 0 Å². The van der Waals surface area contributed by atoms with Gasteiger partial charge in [0, 0.05) is 23.2 Å². The fourth-order valence-corrected chi connectivity index (χ4v) is 4.26. The number of rotatable bonds is 7. The summed E-state index contributed by atoms with van der Waals surface area (Å²) in [5.74, 6) is -0.407. The molecule has 0 saturated heterocycles. The average molecular weight is 428 g/mol. The van der Waals surface area contributed by atoms with Crippen molar-refractivity contribution < 1.29 is 14.3 Å². The summed E-state index contributed by atoms with van der Waals surface area (Å²) in [5.41, 5.74) is 3.19. The van der Waals surface area contributed by atoms with E-state index in [4.69, 9.17) is 16.3 Å². The second-order valence-electron chi connectivity index (χ2n) is 7.65. The molecule has 7 heteroatoms. The zero-order chi connectivity index (χ0) is 21.7. The molecule has 0 radical (unpaired) electrons. The number of nitrogens with zero attached hydrogens (tertiary/aromatic N) is 2. The molecule has 0 bridgehead atoms. The number of hydrogen-bond acceptors (Lipinski definition) is 4. The Kier molecular flexibility index (Phi) is 7.17. The highest BCUT2D eigenvalue weighted by molar-refractivity contribution is 6.31. The summed E-state index contributed by atoms with van der Waals surface area (Å²) in [5, 5.41) is 13.0. The van der Waals surface area contributed by atoms with Crippen LogP contribution >= 0.6 is 11.6 Å². The molecule has 0 unspecified atom stereocenters. The van der Waals surface area contributed by atoms with E-state index in [-0.39, 0.29) is 19.1 Å². The van der Waals surface area contributed by atoms with Crippen LogP contribution in [0.5, 0.6) is 0 Å². The summed E-state index contributed by atoms with van der Waals surface area (Å²) in [6, 6.07) is 9.79. The Labute approximate surface area is 181 Å². The van der Waals surface area contributed by atoms with Crippen molar-refractivity contribution >= 4 is 29.3 Å². The lowest BCUT2D eigenvalue weighted by atomic mass is 10.1. The summed E-state index contributed by atoms with van der Waals surface area (Å²) in [6.07, 6.45) is 4.91. The van der Waals surface area contributed by atoms with Crippen LogP contribution < -0.4 is 5.32 Å². The number of carbonyl (C=O) groups excluding carboxylic acids is 2. The minimum atomic E-state index is -0.468. The molecule has 0 spiro atoms. The monoisotopic (exact) mass is 427 g/mol. The molecule has 0 aliphatic heterocycles. The molecular weight excluding hydrogens is 402 g/mol. The van der Waals surface area contributed by atoms with Crippen LogP contribution in [0.3, 0.4) is 0 Å². The topological polar surface area (TPSA) is 84.1 Å². The lowest BCUT2D eigenvalue weighted by molar-refractivity contribution is -0.147. The van der Waals surface area contributed by atoms with E-state index >= 15 is 0 Å². The molecule has 2 aromatic rings. The molecule has 1 aliphatic rings. The second kappa shape index (κ2) is 9.82. The maximum Gasteiger partial charge on any atom is 0.306 e. The van der Waals surface area contributed by atoms with Crippen LogP contribution in [-0.2, 0) is 20.7 Å². The van der Waals surface area contributed by atoms with Crippen molar-refractivity contribution in [1.29, 1.82) is 5.26 Å². The highest BCUT2D eigenvalue weighted by Crippen LogP contribution is 2.37. The van der Waals surface area contributed by atoms with Crippen molar-refractivity contribution in [2.75, 3.05) is 11.9 Å². The summed E-state index contributed by atoms with van der Waals surface area (Å²) in [4.78, 5) is 24.5. The minimum Gasteiger partial charge on any atom is -0.456 e. The van der Waals surface area contributed by atoms with Crippen LogP contribution in [0.4, 0.5) is 5.82 Å². The van der Waals surface area contributed by atoms with E-state index in [1.165, 1.54) is 0 Å². The SMILES string of the molecule is Cc1c(C#N)c(NC(=O)COC(=O)CCc2ccccc2Cl)n(C2CCCC2)c1C. The van der Waals surface area contributed by atoms with Gasteiger partial charge in [-0.15, -0.1) is 0 Å². The number of halogens is 1. The van der Waals surface area contributed by atoms with Gasteiger partial charge in [0.05, 0.1) is 5.56 Å². The molecule has 158 valence electrons. The standard InChI is InChI=1S/C23H26ClN3O3/c1-15-16(2)27(18-8-4-5-9-18)23(19(15)13-25)26-21(28)14-30-22(29)12-11-17-7-3-6-10-20(17)24/h3,6-7,10,18H,4-5,8-9,11-12,14H2,1-2H3,(H,26,28). The van der Waals surface area contributed by atoms with Crippen molar-refractivity contribution in [1.82, 2.24) is 4.57 Å². The van der Waals surface area contributed by atoms with Crippen molar-refractivity contribution in [3.63, 3.8) is 0 Å². The molecular formula is C23H26ClN3O3. The van der Waals surface area contributed by atoms with Gasteiger partial charge in [0.25, 0.3) is 5.91 Å². The number of nitrogens with one attached hydrogen (secondary N) is 1. The Morgan fingerprint density at radius 2 is 1.97 bits per heavy atom. The molecule has 1 amide bonds. The first kappa shape index (κ1) is 21.9. The summed E-state index contributed by atoms with van der Waals surface area (Å²) in [6.45, 7) is 3.47. The van der Waals surface area contributed by atoms with Crippen molar-refractivity contribution in [2.45, 2.75) is 58.4 Å². The van der Waals surface area contributed by atoms with Crippen LogP contribution in [0.15, 0.2) is 24.3 Å². The van der Waals surface area contributed by atoms with E-state index in [0.717, 1.165) is 42.5 Å². The Morgan fingerprint density at radius 1 is 1.27 bits per heavy atom. The number of nitriles is 1. The predicted molar refractivity (Wildman–Crippen MR) is 115 cm³/mol. The van der Waals surface area contributed by atoms with Crippen molar-refractivity contribution in [3.05, 3.63) is 51.7 Å². The van der Waals surface area contributed by atoms with Gasteiger partial charge in [0.15, 0.2) is 6.61 Å². The zero-order valence-electron chi connectivity index (χ0n) is 17.3. The maximum absolute atomic E-state index is 12.5. The third-order valence-corrected chi connectivity index (χ3v) is 6.11. The second-order valence-corrected chi connectivity index (χ2v) is 8.06. The Morgan fingerprint density at radius 3 is 2.63 bits per heavy atom. The van der Waals surface area contributed by atoms with Gasteiger partial charge in [-0.25, -0.2) is 0 Å². The number of esters is 1. The zero-order valence-corrected chi connectivity index (χ0v) is 18.1. The number of benzene rings is 1. The van der Waals surface area contributed by atoms with Gasteiger partial charge in [-0.3, -0.25) is 9.59 Å². The van der Waals surface area contributed by atoms with Crippen LogP contribution in [0.2, 0.25) is 5.02 Å². The quantitative estimate of drug-likeness (QED) is 0.639. The first-order valence-electron chi connectivity index (χ1n) is 10.2. The third-order valence-electron chi connectivity index (χ3n) is 5.74. The predicted octanol–water partition coefficient (Wildman–Crippen LogP) is 4.86. The van der Waals surface area contributed by atoms with Crippen molar-refractivity contribution in [3.8, 4) is 6.07 Å². The van der Waals surface area contributed by atoms with E-state index in [1.807, 2.05) is 32.0 Å². The van der Waals surface area contributed by atoms with Gasteiger partial charge in [0.1, 0.15) is 11.9 Å². The highest BCUT2D eigenvalue weighted by Gasteiger charge is 2.26.